The molecule has 4 nitrogen and oxygen atoms in total. The smallest absolute Gasteiger partial charge is 0.105 e. The highest BCUT2D eigenvalue weighted by Crippen LogP contribution is 1.93. The highest BCUT2D eigenvalue weighted by Gasteiger charge is 2.21. The standard InChI is InChI=1S/C4H10NO3/c5-4(1-6,2-7)3-8/h6-7H,1-3,5H2. The molecule has 0 spiro atoms. The molecule has 0 fully saturated rings. The minimum Gasteiger partial charge on any atom is -0.394 e. The van der Waals surface area contributed by atoms with Crippen molar-refractivity contribution in [3.8, 4) is 0 Å². The minimum absolute atomic E-state index is 0.465. The Morgan fingerprint density at radius 1 is 1.38 bits per heavy atom. The van der Waals surface area contributed by atoms with Crippen LogP contribution in [0.15, 0.2) is 0 Å². The summed E-state index contributed by atoms with van der Waals surface area (Å²) in [6.45, 7) is -1.58. The summed E-state index contributed by atoms with van der Waals surface area (Å²) in [4.78, 5) is 0. The molecule has 4 heteroatoms. The van der Waals surface area contributed by atoms with Gasteiger partial charge in [0.1, 0.15) is 6.61 Å². The van der Waals surface area contributed by atoms with Crippen molar-refractivity contribution in [1.82, 2.24) is 0 Å². The Kier molecular flexibility index (Phi) is 2.93. The summed E-state index contributed by atoms with van der Waals surface area (Å²) < 4.78 is 0. The van der Waals surface area contributed by atoms with Crippen LogP contribution in [-0.4, -0.2) is 35.6 Å². The number of hydrogen-bond acceptors (Lipinski definition) is 3. The zero-order chi connectivity index (χ0) is 6.62. The predicted molar refractivity (Wildman–Crippen MR) is 26.6 cm³/mol. The number of hydrogen-bond donors (Lipinski definition) is 3. The predicted octanol–water partition coefficient (Wildman–Crippen LogP) is -1.90. The van der Waals surface area contributed by atoms with E-state index in [4.69, 9.17) is 15.9 Å². The van der Waals surface area contributed by atoms with Gasteiger partial charge >= 0.3 is 0 Å². The lowest BCUT2D eigenvalue weighted by Crippen LogP contribution is -2.50. The van der Waals surface area contributed by atoms with E-state index in [0.29, 0.717) is 0 Å². The summed E-state index contributed by atoms with van der Waals surface area (Å²) in [5.41, 5.74) is 3.76. The SMILES string of the molecule is NC(C[O])(CO)CO. The van der Waals surface area contributed by atoms with Crippen LogP contribution in [0.5, 0.6) is 0 Å². The Labute approximate surface area is 47.6 Å². The topological polar surface area (TPSA) is 86.4 Å². The van der Waals surface area contributed by atoms with Crippen molar-refractivity contribution in [2.24, 2.45) is 5.73 Å². The molecule has 0 atom stereocenters. The molecule has 1 radical (unpaired) electrons. The van der Waals surface area contributed by atoms with Crippen LogP contribution in [-0.2, 0) is 5.11 Å². The van der Waals surface area contributed by atoms with Gasteiger partial charge in [-0.2, -0.15) is 0 Å². The Bertz CT molecular complexity index is 54.0. The molecule has 0 bridgehead atoms. The number of nitrogens with two attached hydrogens (primary N) is 1. The fourth-order valence-corrected chi connectivity index (χ4v) is 0.141. The summed E-state index contributed by atoms with van der Waals surface area (Å²) in [7, 11) is 0. The molecular weight excluding hydrogens is 110 g/mol. The van der Waals surface area contributed by atoms with Crippen molar-refractivity contribution in [3.05, 3.63) is 0 Å². The molecule has 0 aromatic rings. The first-order valence-electron chi connectivity index (χ1n) is 2.27. The third kappa shape index (κ3) is 1.75. The molecule has 0 amide bonds. The molecule has 0 saturated heterocycles. The Hall–Kier alpha value is -0.160. The van der Waals surface area contributed by atoms with Crippen molar-refractivity contribution in [2.75, 3.05) is 19.8 Å². The zero-order valence-corrected chi connectivity index (χ0v) is 4.50. The second-order valence-electron chi connectivity index (χ2n) is 1.82. The van der Waals surface area contributed by atoms with E-state index in [1.165, 1.54) is 0 Å². The largest absolute Gasteiger partial charge is 0.394 e. The van der Waals surface area contributed by atoms with Crippen LogP contribution in [0.4, 0.5) is 0 Å². The van der Waals surface area contributed by atoms with Crippen LogP contribution in [0.1, 0.15) is 0 Å². The van der Waals surface area contributed by atoms with Crippen LogP contribution in [0.25, 0.3) is 0 Å². The first kappa shape index (κ1) is 7.84. The monoisotopic (exact) mass is 120 g/mol. The highest BCUT2D eigenvalue weighted by atomic mass is 16.3. The van der Waals surface area contributed by atoms with E-state index < -0.39 is 25.4 Å². The fraction of sp³-hybridized carbons (Fsp3) is 1.00. The van der Waals surface area contributed by atoms with Gasteiger partial charge < -0.3 is 15.9 Å². The summed E-state index contributed by atoms with van der Waals surface area (Å²) in [5, 5.41) is 26.6. The molecule has 0 aliphatic carbocycles. The van der Waals surface area contributed by atoms with E-state index in [1.54, 1.807) is 0 Å². The maximum absolute atomic E-state index is 9.97. The third-order valence-corrected chi connectivity index (χ3v) is 0.917. The molecule has 49 valence electrons. The van der Waals surface area contributed by atoms with Gasteiger partial charge in [0.05, 0.1) is 18.8 Å². The number of rotatable bonds is 3. The van der Waals surface area contributed by atoms with Gasteiger partial charge in [-0.25, -0.2) is 5.11 Å². The van der Waals surface area contributed by atoms with Crippen LogP contribution in [0.3, 0.4) is 0 Å². The van der Waals surface area contributed by atoms with E-state index in [2.05, 4.69) is 0 Å². The van der Waals surface area contributed by atoms with Gasteiger partial charge in [-0.05, 0) is 0 Å². The number of aliphatic hydroxyl groups is 2. The van der Waals surface area contributed by atoms with E-state index in [0.717, 1.165) is 0 Å². The lowest BCUT2D eigenvalue weighted by Gasteiger charge is -2.19. The quantitative estimate of drug-likeness (QED) is 0.406. The van der Waals surface area contributed by atoms with Gasteiger partial charge in [-0.15, -0.1) is 0 Å². The zero-order valence-electron chi connectivity index (χ0n) is 4.50. The summed E-state index contributed by atoms with van der Waals surface area (Å²) in [6, 6.07) is 0. The second kappa shape index (κ2) is 2.99. The van der Waals surface area contributed by atoms with E-state index in [-0.39, 0.29) is 0 Å². The molecule has 8 heavy (non-hydrogen) atoms. The van der Waals surface area contributed by atoms with Gasteiger partial charge in [-0.1, -0.05) is 0 Å². The van der Waals surface area contributed by atoms with E-state index >= 15 is 0 Å². The van der Waals surface area contributed by atoms with Crippen molar-refractivity contribution >= 4 is 0 Å². The average molecular weight is 120 g/mol. The lowest BCUT2D eigenvalue weighted by atomic mass is 10.1. The maximum Gasteiger partial charge on any atom is 0.105 e. The Balaban J connectivity index is 3.58. The van der Waals surface area contributed by atoms with Gasteiger partial charge in [0.25, 0.3) is 0 Å². The van der Waals surface area contributed by atoms with Gasteiger partial charge in [0.15, 0.2) is 0 Å². The van der Waals surface area contributed by atoms with Gasteiger partial charge in [-0.3, -0.25) is 0 Å². The van der Waals surface area contributed by atoms with Crippen molar-refractivity contribution < 1.29 is 15.3 Å². The van der Waals surface area contributed by atoms with Crippen LogP contribution >= 0.6 is 0 Å². The van der Waals surface area contributed by atoms with Gasteiger partial charge in [0.2, 0.25) is 0 Å². The molecule has 0 rings (SSSR count). The molecule has 0 aliphatic rings. The van der Waals surface area contributed by atoms with Gasteiger partial charge in [0, 0.05) is 0 Å². The Morgan fingerprint density at radius 3 is 1.75 bits per heavy atom. The fourth-order valence-electron chi connectivity index (χ4n) is 0.141. The van der Waals surface area contributed by atoms with Crippen molar-refractivity contribution in [2.45, 2.75) is 5.54 Å². The molecule has 4 N–H and O–H groups in total. The molecule has 0 aromatic carbocycles. The maximum atomic E-state index is 9.97. The van der Waals surface area contributed by atoms with E-state index in [9.17, 15) is 5.11 Å². The lowest BCUT2D eigenvalue weighted by molar-refractivity contribution is 0.0396. The minimum atomic E-state index is -1.32. The highest BCUT2D eigenvalue weighted by molar-refractivity contribution is 4.80. The Morgan fingerprint density at radius 2 is 1.75 bits per heavy atom. The summed E-state index contributed by atoms with van der Waals surface area (Å²) >= 11 is 0. The van der Waals surface area contributed by atoms with Crippen LogP contribution in [0, 0.1) is 0 Å². The summed E-state index contributed by atoms with van der Waals surface area (Å²) in [6.07, 6.45) is 0. The molecule has 0 heterocycles. The second-order valence-corrected chi connectivity index (χ2v) is 1.82. The van der Waals surface area contributed by atoms with Crippen LogP contribution < -0.4 is 5.73 Å². The first-order chi connectivity index (χ1) is 3.68. The molecular formula is C4H10NO3. The van der Waals surface area contributed by atoms with Crippen molar-refractivity contribution in [3.63, 3.8) is 0 Å². The molecule has 0 saturated carbocycles. The normalized spacial score (nSPS) is 12.0. The summed E-state index contributed by atoms with van der Waals surface area (Å²) in [5.74, 6) is 0. The van der Waals surface area contributed by atoms with Crippen molar-refractivity contribution in [1.29, 1.82) is 0 Å². The average Bonchev–Trinajstić information content (AvgIpc) is 1.87. The van der Waals surface area contributed by atoms with Crippen LogP contribution in [0.2, 0.25) is 0 Å². The number of aliphatic hydroxyl groups excluding tert-OH is 2. The first-order valence-corrected chi connectivity index (χ1v) is 2.27. The van der Waals surface area contributed by atoms with E-state index in [1.807, 2.05) is 0 Å². The third-order valence-electron chi connectivity index (χ3n) is 0.917. The molecule has 0 aromatic heterocycles. The molecule has 0 unspecified atom stereocenters. The molecule has 0 aliphatic heterocycles.